The number of thiol groups is 2. The Bertz CT molecular complexity index is 715. The summed E-state index contributed by atoms with van der Waals surface area (Å²) in [4.78, 5) is 0. The smallest absolute Gasteiger partial charge is 0.0872 e. The average molecular weight is 447 g/mol. The zero-order valence-electron chi connectivity index (χ0n) is 16.2. The molecule has 0 saturated heterocycles. The van der Waals surface area contributed by atoms with E-state index in [2.05, 4.69) is 51.2 Å². The van der Waals surface area contributed by atoms with Crippen LogP contribution in [0, 0.1) is 45.3 Å². The first-order chi connectivity index (χ1) is 13.3. The van der Waals surface area contributed by atoms with E-state index in [-0.39, 0.29) is 11.8 Å². The fraction of sp³-hybridized carbons (Fsp3) is 0.455. The van der Waals surface area contributed by atoms with Gasteiger partial charge in [-0.15, -0.1) is 25.3 Å². The minimum atomic E-state index is -0.470. The molecule has 6 heteroatoms. The highest BCUT2D eigenvalue weighted by Crippen LogP contribution is 2.40. The highest BCUT2D eigenvalue weighted by Gasteiger charge is 2.38. The third-order valence-corrected chi connectivity index (χ3v) is 6.07. The molecular formula is C22H26N2S4. The van der Waals surface area contributed by atoms with Crippen LogP contribution in [0.4, 0.5) is 0 Å². The van der Waals surface area contributed by atoms with Gasteiger partial charge in [0.2, 0.25) is 0 Å². The summed E-state index contributed by atoms with van der Waals surface area (Å²) in [6, 6.07) is 4.75. The fourth-order valence-electron chi connectivity index (χ4n) is 3.59. The lowest BCUT2D eigenvalue weighted by Gasteiger charge is -2.31. The lowest BCUT2D eigenvalue weighted by molar-refractivity contribution is 0.409. The van der Waals surface area contributed by atoms with E-state index in [1.807, 2.05) is 48.6 Å². The maximum atomic E-state index is 9.26. The predicted molar refractivity (Wildman–Crippen MR) is 133 cm³/mol. The number of nitriles is 2. The van der Waals surface area contributed by atoms with Crippen LogP contribution >= 0.6 is 49.7 Å². The van der Waals surface area contributed by atoms with Crippen molar-refractivity contribution in [3.8, 4) is 12.1 Å². The van der Waals surface area contributed by atoms with Crippen molar-refractivity contribution < 1.29 is 0 Å². The molecule has 2 nitrogen and oxygen atoms in total. The van der Waals surface area contributed by atoms with Gasteiger partial charge in [-0.05, 0) is 12.8 Å². The van der Waals surface area contributed by atoms with Crippen molar-refractivity contribution in [2.45, 2.75) is 39.5 Å². The van der Waals surface area contributed by atoms with E-state index in [9.17, 15) is 10.5 Å². The van der Waals surface area contributed by atoms with Crippen molar-refractivity contribution in [3.05, 3.63) is 48.6 Å². The van der Waals surface area contributed by atoms with Gasteiger partial charge in [-0.3, -0.25) is 0 Å². The van der Waals surface area contributed by atoms with E-state index in [4.69, 9.17) is 24.4 Å². The SMILES string of the molecule is CCCC1(C#N)C=CC=CC1C(=S)S.CCCC1(C#N)C=CC=CC1C(=S)S. The van der Waals surface area contributed by atoms with Gasteiger partial charge in [-0.2, -0.15) is 10.5 Å². The first-order valence-electron chi connectivity index (χ1n) is 9.32. The molecule has 0 spiro atoms. The van der Waals surface area contributed by atoms with Crippen LogP contribution < -0.4 is 0 Å². The van der Waals surface area contributed by atoms with E-state index >= 15 is 0 Å². The Kier molecular flexibility index (Phi) is 10.4. The molecule has 0 bridgehead atoms. The molecule has 0 heterocycles. The van der Waals surface area contributed by atoms with Crippen molar-refractivity contribution in [1.29, 1.82) is 10.5 Å². The Morgan fingerprint density at radius 2 is 1.18 bits per heavy atom. The Hall–Kier alpha value is -1.18. The van der Waals surface area contributed by atoms with Gasteiger partial charge in [0.25, 0.3) is 0 Å². The second-order valence-corrected chi connectivity index (χ2v) is 9.37. The van der Waals surface area contributed by atoms with Crippen molar-refractivity contribution >= 4 is 58.1 Å². The van der Waals surface area contributed by atoms with Gasteiger partial charge in [-0.1, -0.05) is 99.7 Å². The number of hydrogen-bond acceptors (Lipinski definition) is 4. The van der Waals surface area contributed by atoms with Crippen LogP contribution in [0.1, 0.15) is 39.5 Å². The molecule has 2 aliphatic carbocycles. The van der Waals surface area contributed by atoms with Gasteiger partial charge >= 0.3 is 0 Å². The molecule has 0 saturated carbocycles. The molecule has 4 unspecified atom stereocenters. The van der Waals surface area contributed by atoms with Crippen LogP contribution in [-0.2, 0) is 0 Å². The summed E-state index contributed by atoms with van der Waals surface area (Å²) in [6.45, 7) is 4.15. The highest BCUT2D eigenvalue weighted by atomic mass is 32.1. The first kappa shape index (κ1) is 24.9. The summed E-state index contributed by atoms with van der Waals surface area (Å²) < 4.78 is 1.20. The summed E-state index contributed by atoms with van der Waals surface area (Å²) >= 11 is 18.5. The number of hydrogen-bond donors (Lipinski definition) is 2. The second kappa shape index (κ2) is 11.7. The van der Waals surface area contributed by atoms with Gasteiger partial charge in [0.1, 0.15) is 0 Å². The van der Waals surface area contributed by atoms with Gasteiger partial charge in [0.15, 0.2) is 0 Å². The van der Waals surface area contributed by atoms with Crippen LogP contribution in [0.5, 0.6) is 0 Å². The molecule has 0 aliphatic heterocycles. The lowest BCUT2D eigenvalue weighted by atomic mass is 9.72. The molecule has 0 amide bonds. The van der Waals surface area contributed by atoms with Crippen molar-refractivity contribution in [3.63, 3.8) is 0 Å². The normalized spacial score (nSPS) is 29.9. The standard InChI is InChI=1S/2C11H13NS2/c2*1-2-6-11(8-12)7-4-3-5-9(11)10(13)14/h2*3-5,7,9H,2,6H2,1H3,(H,13,14). The van der Waals surface area contributed by atoms with Crippen LogP contribution in [0.25, 0.3) is 0 Å². The first-order valence-corrected chi connectivity index (χ1v) is 11.0. The van der Waals surface area contributed by atoms with E-state index in [1.54, 1.807) is 0 Å². The molecule has 28 heavy (non-hydrogen) atoms. The zero-order chi connectivity index (χ0) is 21.2. The molecule has 0 aromatic carbocycles. The minimum absolute atomic E-state index is 0.0317. The van der Waals surface area contributed by atoms with E-state index in [1.165, 1.54) is 0 Å². The monoisotopic (exact) mass is 446 g/mol. The molecular weight excluding hydrogens is 421 g/mol. The minimum Gasteiger partial charge on any atom is -0.197 e. The van der Waals surface area contributed by atoms with Crippen molar-refractivity contribution in [1.82, 2.24) is 0 Å². The van der Waals surface area contributed by atoms with E-state index in [0.29, 0.717) is 8.39 Å². The fourth-order valence-corrected chi connectivity index (χ4v) is 4.80. The summed E-state index contributed by atoms with van der Waals surface area (Å²) in [5.41, 5.74) is -0.940. The number of thiocarbonyl (C=S) groups is 2. The second-order valence-electron chi connectivity index (χ2n) is 6.92. The maximum absolute atomic E-state index is 9.26. The molecule has 0 aromatic rings. The van der Waals surface area contributed by atoms with Crippen LogP contribution in [0.2, 0.25) is 0 Å². The van der Waals surface area contributed by atoms with Crippen LogP contribution in [-0.4, -0.2) is 8.39 Å². The number of rotatable bonds is 6. The van der Waals surface area contributed by atoms with Gasteiger partial charge < -0.3 is 0 Å². The van der Waals surface area contributed by atoms with E-state index in [0.717, 1.165) is 25.7 Å². The zero-order valence-corrected chi connectivity index (χ0v) is 19.6. The Balaban J connectivity index is 0.000000280. The van der Waals surface area contributed by atoms with Crippen molar-refractivity contribution in [2.75, 3.05) is 0 Å². The topological polar surface area (TPSA) is 47.6 Å². The van der Waals surface area contributed by atoms with Gasteiger partial charge in [-0.25, -0.2) is 0 Å². The molecule has 0 fully saturated rings. The molecule has 2 aliphatic rings. The number of allylic oxidation sites excluding steroid dienone is 8. The quantitative estimate of drug-likeness (QED) is 0.357. The molecule has 4 atom stereocenters. The number of nitrogens with zero attached hydrogens (tertiary/aromatic N) is 2. The molecule has 0 radical (unpaired) electrons. The molecule has 148 valence electrons. The third kappa shape index (κ3) is 5.91. The predicted octanol–water partition coefficient (Wildman–Crippen LogP) is 6.59. The molecule has 2 rings (SSSR count). The van der Waals surface area contributed by atoms with Crippen LogP contribution in [0.3, 0.4) is 0 Å². The summed E-state index contributed by atoms with van der Waals surface area (Å²) in [5.74, 6) is -0.0634. The van der Waals surface area contributed by atoms with Crippen LogP contribution in [0.15, 0.2) is 48.6 Å². The summed E-state index contributed by atoms with van der Waals surface area (Å²) in [6.07, 6.45) is 19.1. The van der Waals surface area contributed by atoms with Gasteiger partial charge in [0, 0.05) is 11.8 Å². The van der Waals surface area contributed by atoms with E-state index < -0.39 is 10.8 Å². The third-order valence-electron chi connectivity index (χ3n) is 5.00. The lowest BCUT2D eigenvalue weighted by Crippen LogP contribution is -2.30. The summed E-state index contributed by atoms with van der Waals surface area (Å²) in [7, 11) is 0. The highest BCUT2D eigenvalue weighted by molar-refractivity contribution is 8.11. The van der Waals surface area contributed by atoms with Crippen molar-refractivity contribution in [2.24, 2.45) is 22.7 Å². The van der Waals surface area contributed by atoms with Gasteiger partial charge in [0.05, 0.1) is 31.4 Å². The summed E-state index contributed by atoms with van der Waals surface area (Å²) in [5, 5.41) is 18.5. The average Bonchev–Trinajstić information content (AvgIpc) is 2.69. The molecule has 0 N–H and O–H groups in total. The largest absolute Gasteiger partial charge is 0.197 e. The Morgan fingerprint density at radius 3 is 1.43 bits per heavy atom. The Labute approximate surface area is 190 Å². The molecule has 0 aromatic heterocycles. The Morgan fingerprint density at radius 1 is 0.821 bits per heavy atom. The maximum Gasteiger partial charge on any atom is 0.0872 e.